The molecule has 0 N–H and O–H groups in total. The van der Waals surface area contributed by atoms with Crippen LogP contribution in [0.5, 0.6) is 0 Å². The highest BCUT2D eigenvalue weighted by atomic mass is 32.2. The van der Waals surface area contributed by atoms with Crippen molar-refractivity contribution >= 4 is 29.0 Å². The first-order valence-corrected chi connectivity index (χ1v) is 10.1. The molecule has 0 aliphatic carbocycles. The number of rotatable bonds is 4. The summed E-state index contributed by atoms with van der Waals surface area (Å²) in [4.78, 5) is 26.4. The Morgan fingerprint density at radius 1 is 1.00 bits per heavy atom. The van der Waals surface area contributed by atoms with Crippen molar-refractivity contribution in [2.75, 3.05) is 0 Å². The lowest BCUT2D eigenvalue weighted by Crippen LogP contribution is -2.27. The van der Waals surface area contributed by atoms with E-state index in [9.17, 15) is 22.8 Å². The van der Waals surface area contributed by atoms with Gasteiger partial charge in [-0.15, -0.1) is 0 Å². The molecule has 0 bridgehead atoms. The summed E-state index contributed by atoms with van der Waals surface area (Å²) in [7, 11) is 0. The lowest BCUT2D eigenvalue weighted by atomic mass is 10.1. The van der Waals surface area contributed by atoms with Crippen molar-refractivity contribution in [3.63, 3.8) is 0 Å². The number of hydrogen-bond donors (Lipinski definition) is 0. The molecule has 1 aliphatic rings. The number of amides is 2. The fraction of sp³-hybridized carbons (Fsp3) is 0.130. The Bertz CT molecular complexity index is 1200. The van der Waals surface area contributed by atoms with Crippen molar-refractivity contribution in [1.29, 1.82) is 0 Å². The lowest BCUT2D eigenvalue weighted by molar-refractivity contribution is -0.137. The maximum atomic E-state index is 13.3. The summed E-state index contributed by atoms with van der Waals surface area (Å²) in [5.74, 6) is -0.251. The van der Waals surface area contributed by atoms with Crippen molar-refractivity contribution in [3.8, 4) is 11.3 Å². The Morgan fingerprint density at radius 3 is 2.45 bits per heavy atom. The highest BCUT2D eigenvalue weighted by Crippen LogP contribution is 2.38. The van der Waals surface area contributed by atoms with Crippen molar-refractivity contribution in [1.82, 2.24) is 4.90 Å². The summed E-state index contributed by atoms with van der Waals surface area (Å²) in [6, 6.07) is 15.4. The number of carbonyl (C=O) groups is 2. The number of nitrogens with zero attached hydrogens (tertiary/aromatic N) is 1. The van der Waals surface area contributed by atoms with Gasteiger partial charge in [0.2, 0.25) is 0 Å². The maximum absolute atomic E-state index is 13.3. The predicted octanol–water partition coefficient (Wildman–Crippen LogP) is 6.51. The van der Waals surface area contributed by atoms with E-state index in [1.807, 2.05) is 31.2 Å². The smallest absolute Gasteiger partial charge is 0.417 e. The molecule has 3 aromatic rings. The molecule has 2 amide bonds. The minimum absolute atomic E-state index is 0.0262. The standard InChI is InChI=1S/C23H16F3NO3S/c1-14-6-2-3-7-15(14)13-27-21(28)20(31-22(27)29)12-16-10-11-19(30-16)17-8-4-5-9-18(17)23(24,25)26/h2-12H,13H2,1H3/b20-12-. The van der Waals surface area contributed by atoms with E-state index < -0.39 is 22.9 Å². The van der Waals surface area contributed by atoms with Gasteiger partial charge in [-0.25, -0.2) is 0 Å². The summed E-state index contributed by atoms with van der Waals surface area (Å²) in [6.07, 6.45) is -3.15. The number of thioether (sulfide) groups is 1. The Labute approximate surface area is 180 Å². The zero-order chi connectivity index (χ0) is 22.2. The molecule has 31 heavy (non-hydrogen) atoms. The van der Waals surface area contributed by atoms with Gasteiger partial charge in [0.25, 0.3) is 11.1 Å². The average molecular weight is 443 g/mol. The van der Waals surface area contributed by atoms with Crippen LogP contribution in [0.3, 0.4) is 0 Å². The van der Waals surface area contributed by atoms with Crippen LogP contribution in [0, 0.1) is 6.92 Å². The topological polar surface area (TPSA) is 50.5 Å². The van der Waals surface area contributed by atoms with Crippen LogP contribution < -0.4 is 0 Å². The van der Waals surface area contributed by atoms with E-state index in [0.717, 1.165) is 33.9 Å². The third kappa shape index (κ3) is 4.29. The van der Waals surface area contributed by atoms with Crippen LogP contribution in [0.1, 0.15) is 22.5 Å². The van der Waals surface area contributed by atoms with Crippen LogP contribution >= 0.6 is 11.8 Å². The van der Waals surface area contributed by atoms with Gasteiger partial charge in [0, 0.05) is 11.6 Å². The first-order chi connectivity index (χ1) is 14.7. The van der Waals surface area contributed by atoms with Crippen molar-refractivity contribution in [3.05, 3.63) is 88.0 Å². The largest absolute Gasteiger partial charge is 0.457 e. The number of hydrogen-bond acceptors (Lipinski definition) is 4. The van der Waals surface area contributed by atoms with Crippen molar-refractivity contribution in [2.24, 2.45) is 0 Å². The molecule has 8 heteroatoms. The van der Waals surface area contributed by atoms with Gasteiger partial charge in [0.1, 0.15) is 11.5 Å². The fourth-order valence-electron chi connectivity index (χ4n) is 3.24. The Morgan fingerprint density at radius 2 is 1.71 bits per heavy atom. The maximum Gasteiger partial charge on any atom is 0.417 e. The first kappa shape index (κ1) is 21.0. The van der Waals surface area contributed by atoms with Gasteiger partial charge in [-0.1, -0.05) is 42.5 Å². The molecule has 158 valence electrons. The van der Waals surface area contributed by atoms with Crippen LogP contribution in [-0.2, 0) is 17.5 Å². The molecule has 0 radical (unpaired) electrons. The summed E-state index contributed by atoms with van der Waals surface area (Å²) >= 11 is 0.773. The molecule has 4 rings (SSSR count). The molecule has 2 aromatic carbocycles. The van der Waals surface area contributed by atoms with Crippen LogP contribution in [0.25, 0.3) is 17.4 Å². The van der Waals surface area contributed by atoms with E-state index in [4.69, 9.17) is 4.42 Å². The number of carbonyl (C=O) groups excluding carboxylic acids is 2. The van der Waals surface area contributed by atoms with Gasteiger partial charge >= 0.3 is 6.18 Å². The molecule has 1 aromatic heterocycles. The molecule has 2 heterocycles. The monoisotopic (exact) mass is 443 g/mol. The molecule has 1 aliphatic heterocycles. The van der Waals surface area contributed by atoms with Crippen LogP contribution in [0.2, 0.25) is 0 Å². The third-order valence-corrected chi connectivity index (χ3v) is 5.77. The third-order valence-electron chi connectivity index (χ3n) is 4.86. The molecule has 0 unspecified atom stereocenters. The highest BCUT2D eigenvalue weighted by Gasteiger charge is 2.36. The van der Waals surface area contributed by atoms with Crippen molar-refractivity contribution in [2.45, 2.75) is 19.6 Å². The normalized spacial score (nSPS) is 15.9. The second-order valence-corrected chi connectivity index (χ2v) is 7.93. The number of aryl methyl sites for hydroxylation is 1. The van der Waals surface area contributed by atoms with Gasteiger partial charge < -0.3 is 4.42 Å². The molecule has 1 saturated heterocycles. The second-order valence-electron chi connectivity index (χ2n) is 6.94. The molecule has 0 saturated carbocycles. The molecule has 0 atom stereocenters. The molecular weight excluding hydrogens is 427 g/mol. The van der Waals surface area contributed by atoms with E-state index in [0.29, 0.717) is 0 Å². The van der Waals surface area contributed by atoms with E-state index in [-0.39, 0.29) is 28.5 Å². The van der Waals surface area contributed by atoms with Gasteiger partial charge in [0.15, 0.2) is 0 Å². The number of alkyl halides is 3. The minimum Gasteiger partial charge on any atom is -0.457 e. The SMILES string of the molecule is Cc1ccccc1CN1C(=O)S/C(=C\c2ccc(-c3ccccc3C(F)(F)F)o2)C1=O. The summed E-state index contributed by atoms with van der Waals surface area (Å²) in [5, 5.41) is -0.409. The van der Waals surface area contributed by atoms with E-state index in [2.05, 4.69) is 0 Å². The summed E-state index contributed by atoms with van der Waals surface area (Å²) < 4.78 is 45.4. The van der Waals surface area contributed by atoms with Crippen LogP contribution in [0.15, 0.2) is 70.0 Å². The second kappa shape index (κ2) is 8.11. The Hall–Kier alpha value is -3.26. The molecule has 0 spiro atoms. The number of furan rings is 1. The van der Waals surface area contributed by atoms with Gasteiger partial charge in [0.05, 0.1) is 17.0 Å². The van der Waals surface area contributed by atoms with Crippen LogP contribution in [-0.4, -0.2) is 16.0 Å². The molecule has 1 fully saturated rings. The average Bonchev–Trinajstić information content (AvgIpc) is 3.29. The summed E-state index contributed by atoms with van der Waals surface area (Å²) in [6.45, 7) is 2.05. The number of benzene rings is 2. The predicted molar refractivity (Wildman–Crippen MR) is 112 cm³/mol. The van der Waals surface area contributed by atoms with Crippen LogP contribution in [0.4, 0.5) is 18.0 Å². The molecule has 4 nitrogen and oxygen atoms in total. The zero-order valence-corrected chi connectivity index (χ0v) is 17.1. The highest BCUT2D eigenvalue weighted by molar-refractivity contribution is 8.18. The van der Waals surface area contributed by atoms with E-state index >= 15 is 0 Å². The zero-order valence-electron chi connectivity index (χ0n) is 16.3. The minimum atomic E-state index is -4.53. The van der Waals surface area contributed by atoms with Gasteiger partial charge in [-0.2, -0.15) is 13.2 Å². The number of imide groups is 1. The fourth-order valence-corrected chi connectivity index (χ4v) is 4.06. The Balaban J connectivity index is 1.59. The van der Waals surface area contributed by atoms with Gasteiger partial charge in [-0.05, 0) is 48.0 Å². The quantitative estimate of drug-likeness (QED) is 0.431. The summed E-state index contributed by atoms with van der Waals surface area (Å²) in [5.41, 5.74) is 0.913. The number of halogens is 3. The lowest BCUT2D eigenvalue weighted by Gasteiger charge is -2.14. The van der Waals surface area contributed by atoms with E-state index in [1.165, 1.54) is 36.4 Å². The van der Waals surface area contributed by atoms with E-state index in [1.54, 1.807) is 0 Å². The molecular formula is C23H16F3NO3S. The van der Waals surface area contributed by atoms with Gasteiger partial charge in [-0.3, -0.25) is 14.5 Å². The Kier molecular flexibility index (Phi) is 5.49. The first-order valence-electron chi connectivity index (χ1n) is 9.30. The van der Waals surface area contributed by atoms with Crippen molar-refractivity contribution < 1.29 is 27.2 Å².